The van der Waals surface area contributed by atoms with E-state index in [0.717, 1.165) is 24.4 Å². The molecule has 1 aromatic rings. The average molecular weight is 264 g/mol. The van der Waals surface area contributed by atoms with Crippen LogP contribution in [0, 0.1) is 5.92 Å². The lowest BCUT2D eigenvalue weighted by Gasteiger charge is -2.09. The van der Waals surface area contributed by atoms with Crippen molar-refractivity contribution in [2.24, 2.45) is 5.92 Å². The summed E-state index contributed by atoms with van der Waals surface area (Å²) in [6.07, 6.45) is 1.08. The number of anilines is 1. The molecule has 106 valence electrons. The van der Waals surface area contributed by atoms with Crippen LogP contribution < -0.4 is 15.4 Å². The monoisotopic (exact) mass is 264 g/mol. The van der Waals surface area contributed by atoms with Gasteiger partial charge in [-0.15, -0.1) is 0 Å². The van der Waals surface area contributed by atoms with Gasteiger partial charge < -0.3 is 15.4 Å². The largest absolute Gasteiger partial charge is 0.494 e. The Morgan fingerprint density at radius 2 is 1.95 bits per heavy atom. The molecule has 0 aliphatic heterocycles. The maximum Gasteiger partial charge on any atom is 0.238 e. The molecule has 0 bridgehead atoms. The molecule has 1 aromatic carbocycles. The molecule has 19 heavy (non-hydrogen) atoms. The van der Waals surface area contributed by atoms with E-state index in [1.807, 2.05) is 31.2 Å². The summed E-state index contributed by atoms with van der Waals surface area (Å²) in [7, 11) is 0. The van der Waals surface area contributed by atoms with Crippen LogP contribution in [0.4, 0.5) is 5.69 Å². The normalized spacial score (nSPS) is 10.5. The lowest BCUT2D eigenvalue weighted by molar-refractivity contribution is -0.115. The first kappa shape index (κ1) is 15.5. The van der Waals surface area contributed by atoms with Crippen molar-refractivity contribution in [3.8, 4) is 5.75 Å². The summed E-state index contributed by atoms with van der Waals surface area (Å²) in [4.78, 5) is 11.7. The Kier molecular flexibility index (Phi) is 6.97. The van der Waals surface area contributed by atoms with Crippen LogP contribution in [0.3, 0.4) is 0 Å². The lowest BCUT2D eigenvalue weighted by atomic mass is 10.1. The Labute approximate surface area is 115 Å². The minimum absolute atomic E-state index is 0.0204. The summed E-state index contributed by atoms with van der Waals surface area (Å²) in [6, 6.07) is 7.39. The Morgan fingerprint density at radius 1 is 1.26 bits per heavy atom. The van der Waals surface area contributed by atoms with E-state index in [0.29, 0.717) is 19.1 Å². The van der Waals surface area contributed by atoms with Crippen LogP contribution in [0.2, 0.25) is 0 Å². The molecule has 1 amide bonds. The summed E-state index contributed by atoms with van der Waals surface area (Å²) in [6.45, 7) is 8.14. The number of carbonyl (C=O) groups is 1. The Morgan fingerprint density at radius 3 is 2.53 bits per heavy atom. The molecule has 0 aliphatic rings. The molecule has 0 unspecified atom stereocenters. The van der Waals surface area contributed by atoms with E-state index < -0.39 is 0 Å². The maximum atomic E-state index is 11.7. The van der Waals surface area contributed by atoms with Crippen LogP contribution >= 0.6 is 0 Å². The Hall–Kier alpha value is -1.55. The highest BCUT2D eigenvalue weighted by Gasteiger charge is 2.02. The summed E-state index contributed by atoms with van der Waals surface area (Å²) in [5.41, 5.74) is 0.791. The van der Waals surface area contributed by atoms with Gasteiger partial charge in [0.2, 0.25) is 5.91 Å². The van der Waals surface area contributed by atoms with Gasteiger partial charge in [0.25, 0.3) is 0 Å². The summed E-state index contributed by atoms with van der Waals surface area (Å²) in [5.74, 6) is 1.45. The Balaban J connectivity index is 2.27. The standard InChI is InChI=1S/C15H24N2O2/c1-4-19-14-7-5-13(6-8-14)17-15(18)11-16-10-9-12(2)3/h5-8,12,16H,4,9-11H2,1-3H3,(H,17,18). The molecule has 0 spiro atoms. The Bertz CT molecular complexity index is 374. The predicted molar refractivity (Wildman–Crippen MR) is 78.6 cm³/mol. The van der Waals surface area contributed by atoms with E-state index in [4.69, 9.17) is 4.74 Å². The van der Waals surface area contributed by atoms with Crippen molar-refractivity contribution in [2.75, 3.05) is 25.0 Å². The van der Waals surface area contributed by atoms with E-state index in [2.05, 4.69) is 24.5 Å². The fraction of sp³-hybridized carbons (Fsp3) is 0.533. The minimum atomic E-state index is -0.0204. The second kappa shape index (κ2) is 8.53. The van der Waals surface area contributed by atoms with Gasteiger partial charge in [0.05, 0.1) is 13.2 Å². The molecular weight excluding hydrogens is 240 g/mol. The summed E-state index contributed by atoms with van der Waals surface area (Å²) in [5, 5.41) is 5.97. The van der Waals surface area contributed by atoms with Gasteiger partial charge in [-0.3, -0.25) is 4.79 Å². The summed E-state index contributed by atoms with van der Waals surface area (Å²) >= 11 is 0. The number of carbonyl (C=O) groups excluding carboxylic acids is 1. The topological polar surface area (TPSA) is 50.4 Å². The van der Waals surface area contributed by atoms with Crippen molar-refractivity contribution in [3.63, 3.8) is 0 Å². The zero-order valence-electron chi connectivity index (χ0n) is 12.0. The van der Waals surface area contributed by atoms with E-state index in [-0.39, 0.29) is 5.91 Å². The molecule has 4 heteroatoms. The first-order chi connectivity index (χ1) is 9.11. The highest BCUT2D eigenvalue weighted by atomic mass is 16.5. The molecule has 0 atom stereocenters. The number of rotatable bonds is 8. The quantitative estimate of drug-likeness (QED) is 0.710. The molecule has 0 saturated heterocycles. The van der Waals surface area contributed by atoms with Gasteiger partial charge in [0, 0.05) is 5.69 Å². The van der Waals surface area contributed by atoms with Crippen molar-refractivity contribution in [1.82, 2.24) is 5.32 Å². The van der Waals surface area contributed by atoms with Crippen LogP contribution in [-0.4, -0.2) is 25.6 Å². The van der Waals surface area contributed by atoms with E-state index >= 15 is 0 Å². The molecule has 4 nitrogen and oxygen atoms in total. The van der Waals surface area contributed by atoms with Crippen molar-refractivity contribution in [1.29, 1.82) is 0 Å². The first-order valence-corrected chi connectivity index (χ1v) is 6.85. The average Bonchev–Trinajstić information content (AvgIpc) is 2.37. The second-order valence-electron chi connectivity index (χ2n) is 4.86. The van der Waals surface area contributed by atoms with E-state index in [9.17, 15) is 4.79 Å². The molecule has 2 N–H and O–H groups in total. The highest BCUT2D eigenvalue weighted by Crippen LogP contribution is 2.15. The third-order valence-corrected chi connectivity index (χ3v) is 2.63. The van der Waals surface area contributed by atoms with Crippen molar-refractivity contribution in [2.45, 2.75) is 27.2 Å². The predicted octanol–water partition coefficient (Wildman–Crippen LogP) is 2.66. The first-order valence-electron chi connectivity index (χ1n) is 6.85. The van der Waals surface area contributed by atoms with Crippen molar-refractivity contribution < 1.29 is 9.53 Å². The van der Waals surface area contributed by atoms with Gasteiger partial charge in [-0.1, -0.05) is 13.8 Å². The van der Waals surface area contributed by atoms with E-state index in [1.54, 1.807) is 0 Å². The smallest absolute Gasteiger partial charge is 0.238 e. The number of nitrogens with one attached hydrogen (secondary N) is 2. The van der Waals surface area contributed by atoms with Crippen LogP contribution in [0.15, 0.2) is 24.3 Å². The lowest BCUT2D eigenvalue weighted by Crippen LogP contribution is -2.29. The van der Waals surface area contributed by atoms with Gasteiger partial charge in [-0.05, 0) is 50.1 Å². The van der Waals surface area contributed by atoms with Crippen LogP contribution in [-0.2, 0) is 4.79 Å². The zero-order valence-corrected chi connectivity index (χ0v) is 12.0. The minimum Gasteiger partial charge on any atom is -0.494 e. The molecule has 0 radical (unpaired) electrons. The number of amides is 1. The molecule has 1 rings (SSSR count). The molecule has 0 heterocycles. The van der Waals surface area contributed by atoms with E-state index in [1.165, 1.54) is 0 Å². The summed E-state index contributed by atoms with van der Waals surface area (Å²) < 4.78 is 5.34. The fourth-order valence-electron chi connectivity index (χ4n) is 1.60. The molecule has 0 fully saturated rings. The number of benzene rings is 1. The van der Waals surface area contributed by atoms with Gasteiger partial charge in [0.15, 0.2) is 0 Å². The van der Waals surface area contributed by atoms with Crippen molar-refractivity contribution >= 4 is 11.6 Å². The van der Waals surface area contributed by atoms with Gasteiger partial charge >= 0.3 is 0 Å². The molecule has 0 aromatic heterocycles. The second-order valence-corrected chi connectivity index (χ2v) is 4.86. The van der Waals surface area contributed by atoms with Gasteiger partial charge in [-0.25, -0.2) is 0 Å². The number of hydrogen-bond acceptors (Lipinski definition) is 3. The molecular formula is C15H24N2O2. The number of ether oxygens (including phenoxy) is 1. The zero-order chi connectivity index (χ0) is 14.1. The third kappa shape index (κ3) is 6.82. The van der Waals surface area contributed by atoms with Gasteiger partial charge in [-0.2, -0.15) is 0 Å². The number of hydrogen-bond donors (Lipinski definition) is 2. The third-order valence-electron chi connectivity index (χ3n) is 2.63. The molecule has 0 saturated carbocycles. The van der Waals surface area contributed by atoms with Crippen LogP contribution in [0.1, 0.15) is 27.2 Å². The van der Waals surface area contributed by atoms with Crippen LogP contribution in [0.5, 0.6) is 5.75 Å². The van der Waals surface area contributed by atoms with Gasteiger partial charge in [0.1, 0.15) is 5.75 Å². The highest BCUT2D eigenvalue weighted by molar-refractivity contribution is 5.92. The SMILES string of the molecule is CCOc1ccc(NC(=O)CNCCC(C)C)cc1. The maximum absolute atomic E-state index is 11.7. The molecule has 0 aliphatic carbocycles. The van der Waals surface area contributed by atoms with Crippen LogP contribution in [0.25, 0.3) is 0 Å². The fourth-order valence-corrected chi connectivity index (χ4v) is 1.60. The van der Waals surface area contributed by atoms with Crippen molar-refractivity contribution in [3.05, 3.63) is 24.3 Å².